The van der Waals surface area contributed by atoms with Crippen LogP contribution in [0.3, 0.4) is 0 Å². The van der Waals surface area contributed by atoms with Gasteiger partial charge in [0, 0.05) is 27.2 Å². The first-order valence-corrected chi connectivity index (χ1v) is 18.5. The second kappa shape index (κ2) is 12.2. The van der Waals surface area contributed by atoms with Crippen molar-refractivity contribution in [2.24, 2.45) is 0 Å². The normalized spacial score (nSPS) is 11.7. The van der Waals surface area contributed by atoms with Crippen molar-refractivity contribution in [1.82, 2.24) is 0 Å². The van der Waals surface area contributed by atoms with E-state index in [9.17, 15) is 0 Å². The quantitative estimate of drug-likeness (QED) is 0.168. The van der Waals surface area contributed by atoms with E-state index in [-0.39, 0.29) is 0 Å². The summed E-state index contributed by atoms with van der Waals surface area (Å²) in [6, 6.07) is 72.2. The largest absolute Gasteiger partial charge is 0.454 e. The Hall–Kier alpha value is -7.16. The van der Waals surface area contributed by atoms with E-state index in [2.05, 4.69) is 199 Å². The molecule has 0 atom stereocenters. The standard InChI is InChI=1S/C52H33NO/c1-2-14-34(15-3-1)35-28-30-38(31-29-35)53(51-40-19-7-5-17-37(40)33-48-46-22-10-11-27-50(46)54-52(48)51)49-26-13-24-42-44(23-12-25-45(42)49)47-32-36-16-4-6-18-39(36)41-20-8-9-21-43(41)47/h1-33H. The molecule has 0 amide bonds. The van der Waals surface area contributed by atoms with Gasteiger partial charge in [-0.1, -0.05) is 164 Å². The minimum Gasteiger partial charge on any atom is -0.454 e. The Morgan fingerprint density at radius 1 is 0.333 bits per heavy atom. The summed E-state index contributed by atoms with van der Waals surface area (Å²) in [6.07, 6.45) is 0. The van der Waals surface area contributed by atoms with Gasteiger partial charge in [0.1, 0.15) is 5.58 Å². The summed E-state index contributed by atoms with van der Waals surface area (Å²) in [7, 11) is 0. The van der Waals surface area contributed by atoms with Gasteiger partial charge in [-0.25, -0.2) is 0 Å². The van der Waals surface area contributed by atoms with Gasteiger partial charge in [0.2, 0.25) is 0 Å². The number of para-hydroxylation sites is 1. The second-order valence-corrected chi connectivity index (χ2v) is 14.0. The predicted octanol–water partition coefficient (Wildman–Crippen LogP) is 15.0. The number of benzene rings is 10. The maximum atomic E-state index is 6.86. The van der Waals surface area contributed by atoms with Crippen LogP contribution < -0.4 is 4.90 Å². The summed E-state index contributed by atoms with van der Waals surface area (Å²) in [5.41, 5.74) is 9.74. The maximum absolute atomic E-state index is 6.86. The maximum Gasteiger partial charge on any atom is 0.160 e. The van der Waals surface area contributed by atoms with E-state index in [1.165, 1.54) is 54.6 Å². The molecule has 0 aliphatic heterocycles. The molecule has 0 unspecified atom stereocenters. The summed E-state index contributed by atoms with van der Waals surface area (Å²) in [5.74, 6) is 0. The SMILES string of the molecule is c1ccc(-c2ccc(N(c3cccc4c(-c5cc6ccccc6c6ccccc56)cccc34)c3c4ccccc4cc4c3oc3ccccc34)cc2)cc1. The van der Waals surface area contributed by atoms with E-state index < -0.39 is 0 Å². The highest BCUT2D eigenvalue weighted by Gasteiger charge is 2.24. The molecule has 2 nitrogen and oxygen atoms in total. The van der Waals surface area contributed by atoms with Gasteiger partial charge in [0.25, 0.3) is 0 Å². The Kier molecular flexibility index (Phi) is 6.90. The van der Waals surface area contributed by atoms with E-state index in [1.807, 2.05) is 6.07 Å². The topological polar surface area (TPSA) is 16.4 Å². The number of rotatable bonds is 5. The van der Waals surface area contributed by atoms with Crippen LogP contribution in [0.4, 0.5) is 17.1 Å². The van der Waals surface area contributed by atoms with Crippen LogP contribution in [0.5, 0.6) is 0 Å². The minimum absolute atomic E-state index is 0.871. The molecule has 54 heavy (non-hydrogen) atoms. The lowest BCUT2D eigenvalue weighted by Gasteiger charge is -2.29. The molecular weight excluding hydrogens is 655 g/mol. The predicted molar refractivity (Wildman–Crippen MR) is 229 cm³/mol. The Morgan fingerprint density at radius 2 is 0.907 bits per heavy atom. The fraction of sp³-hybridized carbons (Fsp3) is 0. The summed E-state index contributed by atoms with van der Waals surface area (Å²) in [4.78, 5) is 2.42. The van der Waals surface area contributed by atoms with Crippen LogP contribution in [0, 0.1) is 0 Å². The third kappa shape index (κ3) is 4.74. The van der Waals surface area contributed by atoms with Crippen LogP contribution in [0.15, 0.2) is 205 Å². The molecule has 0 aliphatic rings. The highest BCUT2D eigenvalue weighted by atomic mass is 16.3. The molecule has 0 saturated carbocycles. The van der Waals surface area contributed by atoms with Gasteiger partial charge in [-0.2, -0.15) is 0 Å². The van der Waals surface area contributed by atoms with Gasteiger partial charge in [0.05, 0.1) is 11.4 Å². The summed E-state index contributed by atoms with van der Waals surface area (Å²) < 4.78 is 6.86. The monoisotopic (exact) mass is 687 g/mol. The minimum atomic E-state index is 0.871. The first kappa shape index (κ1) is 30.5. The van der Waals surface area contributed by atoms with Gasteiger partial charge in [-0.3, -0.25) is 0 Å². The zero-order valence-electron chi connectivity index (χ0n) is 29.4. The van der Waals surface area contributed by atoms with Gasteiger partial charge >= 0.3 is 0 Å². The van der Waals surface area contributed by atoms with Crippen LogP contribution >= 0.6 is 0 Å². The number of hydrogen-bond donors (Lipinski definition) is 0. The highest BCUT2D eigenvalue weighted by molar-refractivity contribution is 6.21. The number of hydrogen-bond acceptors (Lipinski definition) is 2. The van der Waals surface area contributed by atoms with Crippen molar-refractivity contribution in [3.05, 3.63) is 200 Å². The van der Waals surface area contributed by atoms with Gasteiger partial charge in [0.15, 0.2) is 5.58 Å². The molecule has 2 heteroatoms. The lowest BCUT2D eigenvalue weighted by Crippen LogP contribution is -2.11. The Balaban J connectivity index is 1.22. The average molecular weight is 688 g/mol. The molecular formula is C52H33NO. The van der Waals surface area contributed by atoms with Crippen molar-refractivity contribution in [3.63, 3.8) is 0 Å². The molecule has 1 heterocycles. The smallest absolute Gasteiger partial charge is 0.160 e. The first-order chi connectivity index (χ1) is 26.8. The summed E-state index contributed by atoms with van der Waals surface area (Å²) in [6.45, 7) is 0. The molecule has 11 aromatic rings. The number of furan rings is 1. The van der Waals surface area contributed by atoms with Crippen molar-refractivity contribution in [2.75, 3.05) is 4.90 Å². The molecule has 0 aliphatic carbocycles. The van der Waals surface area contributed by atoms with Crippen molar-refractivity contribution < 1.29 is 4.42 Å². The van der Waals surface area contributed by atoms with E-state index in [0.29, 0.717) is 0 Å². The van der Waals surface area contributed by atoms with Crippen LogP contribution in [-0.2, 0) is 0 Å². The fourth-order valence-corrected chi connectivity index (χ4v) is 8.55. The zero-order valence-corrected chi connectivity index (χ0v) is 29.4. The molecule has 1 aromatic heterocycles. The van der Waals surface area contributed by atoms with E-state index in [4.69, 9.17) is 4.42 Å². The molecule has 10 aromatic carbocycles. The molecule has 0 radical (unpaired) electrons. The first-order valence-electron chi connectivity index (χ1n) is 18.5. The molecule has 0 bridgehead atoms. The second-order valence-electron chi connectivity index (χ2n) is 14.0. The molecule has 252 valence electrons. The summed E-state index contributed by atoms with van der Waals surface area (Å²) in [5, 5.41) is 11.9. The van der Waals surface area contributed by atoms with Crippen molar-refractivity contribution in [2.45, 2.75) is 0 Å². The van der Waals surface area contributed by atoms with Crippen molar-refractivity contribution in [1.29, 1.82) is 0 Å². The lowest BCUT2D eigenvalue weighted by atomic mass is 9.90. The van der Waals surface area contributed by atoms with Gasteiger partial charge in [-0.15, -0.1) is 0 Å². The van der Waals surface area contributed by atoms with Gasteiger partial charge < -0.3 is 9.32 Å². The zero-order chi connectivity index (χ0) is 35.6. The van der Waals surface area contributed by atoms with Gasteiger partial charge in [-0.05, 0) is 91.0 Å². The Bertz CT molecular complexity index is 3210. The molecule has 11 rings (SSSR count). The Morgan fingerprint density at radius 3 is 1.72 bits per heavy atom. The van der Waals surface area contributed by atoms with E-state index >= 15 is 0 Å². The molecule has 0 N–H and O–H groups in total. The average Bonchev–Trinajstić information content (AvgIpc) is 3.62. The van der Waals surface area contributed by atoms with E-state index in [1.54, 1.807) is 0 Å². The van der Waals surface area contributed by atoms with Crippen molar-refractivity contribution >= 4 is 82.1 Å². The highest BCUT2D eigenvalue weighted by Crippen LogP contribution is 2.49. The molecule has 0 saturated heterocycles. The Labute approximate surface area is 312 Å². The number of anilines is 3. The lowest BCUT2D eigenvalue weighted by molar-refractivity contribution is 0.669. The van der Waals surface area contributed by atoms with Crippen molar-refractivity contribution in [3.8, 4) is 22.3 Å². The third-order valence-corrected chi connectivity index (χ3v) is 11.0. The fourth-order valence-electron chi connectivity index (χ4n) is 8.55. The number of nitrogens with zero attached hydrogens (tertiary/aromatic N) is 1. The molecule has 0 fully saturated rings. The van der Waals surface area contributed by atoms with Crippen LogP contribution in [0.1, 0.15) is 0 Å². The molecule has 0 spiro atoms. The van der Waals surface area contributed by atoms with Crippen LogP contribution in [0.2, 0.25) is 0 Å². The summed E-state index contributed by atoms with van der Waals surface area (Å²) >= 11 is 0. The van der Waals surface area contributed by atoms with Crippen LogP contribution in [-0.4, -0.2) is 0 Å². The number of fused-ring (bicyclic) bond motifs is 8. The third-order valence-electron chi connectivity index (χ3n) is 11.0. The van der Waals surface area contributed by atoms with E-state index in [0.717, 1.165) is 49.8 Å². The van der Waals surface area contributed by atoms with Crippen LogP contribution in [0.25, 0.3) is 87.3 Å².